The van der Waals surface area contributed by atoms with Crippen molar-refractivity contribution in [1.29, 1.82) is 0 Å². The van der Waals surface area contributed by atoms with Crippen molar-refractivity contribution < 1.29 is 13.2 Å². The Morgan fingerprint density at radius 3 is 2.48 bits per heavy atom. The molecule has 0 saturated carbocycles. The van der Waals surface area contributed by atoms with Crippen molar-refractivity contribution >= 4 is 21.2 Å². The first-order valence-corrected chi connectivity index (χ1v) is 12.2. The SMILES string of the molecule is COc1cccc(Cn2c(CNS(=O)(=O)c3ccc(C(C)(C)C)cc3)nc3cccnc32)c1. The van der Waals surface area contributed by atoms with Crippen LogP contribution in [0.4, 0.5) is 0 Å². The Balaban J connectivity index is 1.61. The lowest BCUT2D eigenvalue weighted by molar-refractivity contribution is 0.414. The number of imidazole rings is 1. The van der Waals surface area contributed by atoms with Crippen LogP contribution in [-0.2, 0) is 28.5 Å². The normalized spacial score (nSPS) is 12.2. The van der Waals surface area contributed by atoms with Gasteiger partial charge in [-0.2, -0.15) is 0 Å². The van der Waals surface area contributed by atoms with Crippen molar-refractivity contribution in [1.82, 2.24) is 19.3 Å². The van der Waals surface area contributed by atoms with E-state index in [1.165, 1.54) is 0 Å². The minimum atomic E-state index is -3.70. The number of hydrogen-bond donors (Lipinski definition) is 1. The molecule has 2 aromatic carbocycles. The molecule has 7 nitrogen and oxygen atoms in total. The molecule has 172 valence electrons. The minimum Gasteiger partial charge on any atom is -0.497 e. The predicted molar refractivity (Wildman–Crippen MR) is 129 cm³/mol. The number of hydrogen-bond acceptors (Lipinski definition) is 5. The first-order valence-electron chi connectivity index (χ1n) is 10.7. The second kappa shape index (κ2) is 8.96. The summed E-state index contributed by atoms with van der Waals surface area (Å²) in [6, 6.07) is 18.4. The van der Waals surface area contributed by atoms with Gasteiger partial charge in [-0.3, -0.25) is 0 Å². The molecule has 0 aliphatic heterocycles. The molecule has 0 aliphatic carbocycles. The van der Waals surface area contributed by atoms with Crippen molar-refractivity contribution in [3.8, 4) is 5.75 Å². The summed E-state index contributed by atoms with van der Waals surface area (Å²) in [5.41, 5.74) is 3.44. The molecule has 2 aromatic heterocycles. The van der Waals surface area contributed by atoms with Crippen molar-refractivity contribution in [3.63, 3.8) is 0 Å². The fourth-order valence-electron chi connectivity index (χ4n) is 3.64. The molecule has 4 rings (SSSR count). The summed E-state index contributed by atoms with van der Waals surface area (Å²) in [5.74, 6) is 1.34. The molecule has 0 saturated heterocycles. The van der Waals surface area contributed by atoms with Gasteiger partial charge in [0.2, 0.25) is 10.0 Å². The molecule has 33 heavy (non-hydrogen) atoms. The molecule has 0 spiro atoms. The van der Waals surface area contributed by atoms with Crippen LogP contribution in [0, 0.1) is 0 Å². The van der Waals surface area contributed by atoms with E-state index in [2.05, 4.69) is 35.5 Å². The highest BCUT2D eigenvalue weighted by molar-refractivity contribution is 7.89. The number of nitrogens with zero attached hydrogens (tertiary/aromatic N) is 3. The van der Waals surface area contributed by atoms with E-state index < -0.39 is 10.0 Å². The second-order valence-corrected chi connectivity index (χ2v) is 10.7. The number of fused-ring (bicyclic) bond motifs is 1. The highest BCUT2D eigenvalue weighted by Crippen LogP contribution is 2.24. The number of sulfonamides is 1. The molecule has 0 unspecified atom stereocenters. The van der Waals surface area contributed by atoms with Gasteiger partial charge in [0, 0.05) is 6.20 Å². The number of aromatic nitrogens is 3. The van der Waals surface area contributed by atoms with Gasteiger partial charge in [0.05, 0.1) is 25.1 Å². The first-order chi connectivity index (χ1) is 15.7. The van der Waals surface area contributed by atoms with E-state index in [4.69, 9.17) is 4.74 Å². The number of rotatable bonds is 7. The van der Waals surface area contributed by atoms with Crippen LogP contribution in [0.2, 0.25) is 0 Å². The minimum absolute atomic E-state index is 0.0453. The Morgan fingerprint density at radius 2 is 1.79 bits per heavy atom. The van der Waals surface area contributed by atoms with Crippen LogP contribution in [0.15, 0.2) is 71.8 Å². The number of pyridine rings is 1. The van der Waals surface area contributed by atoms with Crippen LogP contribution in [-0.4, -0.2) is 30.1 Å². The van der Waals surface area contributed by atoms with E-state index in [9.17, 15) is 8.42 Å². The largest absolute Gasteiger partial charge is 0.497 e. The van der Waals surface area contributed by atoms with E-state index in [1.807, 2.05) is 53.1 Å². The van der Waals surface area contributed by atoms with Gasteiger partial charge in [-0.15, -0.1) is 0 Å². The maximum Gasteiger partial charge on any atom is 0.240 e. The Bertz CT molecular complexity index is 1370. The summed E-state index contributed by atoms with van der Waals surface area (Å²) in [6.07, 6.45) is 1.71. The average Bonchev–Trinajstić information content (AvgIpc) is 3.15. The lowest BCUT2D eigenvalue weighted by Crippen LogP contribution is -2.25. The highest BCUT2D eigenvalue weighted by Gasteiger charge is 2.19. The summed E-state index contributed by atoms with van der Waals surface area (Å²) < 4.78 is 35.9. The van der Waals surface area contributed by atoms with Gasteiger partial charge >= 0.3 is 0 Å². The smallest absolute Gasteiger partial charge is 0.240 e. The number of ether oxygens (including phenoxy) is 1. The van der Waals surface area contributed by atoms with Crippen molar-refractivity contribution in [2.75, 3.05) is 7.11 Å². The van der Waals surface area contributed by atoms with Crippen molar-refractivity contribution in [2.24, 2.45) is 0 Å². The molecular formula is C25H28N4O3S. The van der Waals surface area contributed by atoms with Gasteiger partial charge in [-0.1, -0.05) is 45.0 Å². The van der Waals surface area contributed by atoms with Crippen molar-refractivity contribution in [3.05, 3.63) is 83.8 Å². The van der Waals surface area contributed by atoms with Gasteiger partial charge < -0.3 is 9.30 Å². The van der Waals surface area contributed by atoms with Gasteiger partial charge in [0.25, 0.3) is 0 Å². The fourth-order valence-corrected chi connectivity index (χ4v) is 4.62. The molecule has 8 heteroatoms. The zero-order valence-corrected chi connectivity index (χ0v) is 20.1. The van der Waals surface area contributed by atoms with Crippen LogP contribution in [0.1, 0.15) is 37.7 Å². The van der Waals surface area contributed by atoms with Crippen LogP contribution in [0.3, 0.4) is 0 Å². The topological polar surface area (TPSA) is 86.1 Å². The maximum atomic E-state index is 13.0. The quantitative estimate of drug-likeness (QED) is 0.442. The second-order valence-electron chi connectivity index (χ2n) is 8.91. The van der Waals surface area contributed by atoms with E-state index >= 15 is 0 Å². The summed E-state index contributed by atoms with van der Waals surface area (Å²) in [7, 11) is -2.08. The zero-order valence-electron chi connectivity index (χ0n) is 19.2. The standard InChI is InChI=1S/C25H28N4O3S/c1-25(2,3)19-10-12-21(13-11-19)33(30,31)27-16-23-28-22-9-6-14-26-24(22)29(23)17-18-7-5-8-20(15-18)32-4/h5-15,27H,16-17H2,1-4H3. The molecular weight excluding hydrogens is 436 g/mol. The third-order valence-electron chi connectivity index (χ3n) is 5.51. The fraction of sp³-hybridized carbons (Fsp3) is 0.280. The first kappa shape index (κ1) is 22.9. The number of nitrogens with one attached hydrogen (secondary N) is 1. The molecule has 0 radical (unpaired) electrons. The number of methoxy groups -OCH3 is 1. The Hall–Kier alpha value is -3.23. The van der Waals surface area contributed by atoms with Crippen LogP contribution in [0.25, 0.3) is 11.2 Å². The number of benzene rings is 2. The van der Waals surface area contributed by atoms with Crippen LogP contribution in [0.5, 0.6) is 5.75 Å². The molecule has 0 amide bonds. The highest BCUT2D eigenvalue weighted by atomic mass is 32.2. The third kappa shape index (κ3) is 5.07. The van der Waals surface area contributed by atoms with E-state index in [0.29, 0.717) is 23.5 Å². The summed E-state index contributed by atoms with van der Waals surface area (Å²) in [6.45, 7) is 6.81. The van der Waals surface area contributed by atoms with Gasteiger partial charge in [0.15, 0.2) is 5.65 Å². The lowest BCUT2D eigenvalue weighted by Gasteiger charge is -2.19. The van der Waals surface area contributed by atoms with Gasteiger partial charge in [-0.25, -0.2) is 23.1 Å². The summed E-state index contributed by atoms with van der Waals surface area (Å²) in [5, 5.41) is 0. The Morgan fingerprint density at radius 1 is 1.03 bits per heavy atom. The summed E-state index contributed by atoms with van der Waals surface area (Å²) in [4.78, 5) is 9.33. The Kier molecular flexibility index (Phi) is 6.23. The van der Waals surface area contributed by atoms with Gasteiger partial charge in [-0.05, 0) is 52.9 Å². The molecule has 1 N–H and O–H groups in total. The van der Waals surface area contributed by atoms with Crippen molar-refractivity contribution in [2.45, 2.75) is 44.2 Å². The third-order valence-corrected chi connectivity index (χ3v) is 6.93. The Labute approximate surface area is 194 Å². The van der Waals surface area contributed by atoms with Crippen LogP contribution >= 0.6 is 0 Å². The predicted octanol–water partition coefficient (Wildman–Crippen LogP) is 4.26. The molecule has 0 fully saturated rings. The molecule has 0 aliphatic rings. The molecule has 0 atom stereocenters. The van der Waals surface area contributed by atoms with E-state index in [0.717, 1.165) is 16.9 Å². The maximum absolute atomic E-state index is 13.0. The van der Waals surface area contributed by atoms with E-state index in [1.54, 1.807) is 25.4 Å². The molecule has 4 aromatic rings. The van der Waals surface area contributed by atoms with E-state index in [-0.39, 0.29) is 16.9 Å². The molecule has 2 heterocycles. The zero-order chi connectivity index (χ0) is 23.6. The monoisotopic (exact) mass is 464 g/mol. The van der Waals surface area contributed by atoms with Crippen LogP contribution < -0.4 is 9.46 Å². The molecule has 0 bridgehead atoms. The average molecular weight is 465 g/mol. The lowest BCUT2D eigenvalue weighted by atomic mass is 9.87. The summed E-state index contributed by atoms with van der Waals surface area (Å²) >= 11 is 0. The van der Waals surface area contributed by atoms with Gasteiger partial charge in [0.1, 0.15) is 17.1 Å².